The molecule has 0 radical (unpaired) electrons. The van der Waals surface area contributed by atoms with Gasteiger partial charge in [-0.2, -0.15) is 0 Å². The first-order chi connectivity index (χ1) is 10.2. The van der Waals surface area contributed by atoms with E-state index < -0.39 is 0 Å². The first kappa shape index (κ1) is 16.3. The summed E-state index contributed by atoms with van der Waals surface area (Å²) in [5.74, 6) is 0. The zero-order valence-corrected chi connectivity index (χ0v) is 14.0. The van der Waals surface area contributed by atoms with Crippen molar-refractivity contribution in [2.24, 2.45) is 0 Å². The van der Waals surface area contributed by atoms with Crippen molar-refractivity contribution in [1.29, 1.82) is 0 Å². The molecule has 0 atom stereocenters. The Morgan fingerprint density at radius 3 is 2.52 bits per heavy atom. The van der Waals surface area contributed by atoms with Gasteiger partial charge in [-0.15, -0.1) is 0 Å². The Morgan fingerprint density at radius 1 is 1.05 bits per heavy atom. The maximum atomic E-state index is 3.54. The average Bonchev–Trinajstić information content (AvgIpc) is 2.51. The van der Waals surface area contributed by atoms with Gasteiger partial charge in [-0.1, -0.05) is 25.5 Å². The summed E-state index contributed by atoms with van der Waals surface area (Å²) >= 11 is 0. The number of hydrogen-bond donors (Lipinski definition) is 1. The number of aryl methyl sites for hydroxylation is 1. The van der Waals surface area contributed by atoms with E-state index in [0.717, 1.165) is 19.6 Å². The van der Waals surface area contributed by atoms with Crippen molar-refractivity contribution in [3.05, 3.63) is 29.3 Å². The number of nitrogens with one attached hydrogen (secondary N) is 1. The third-order valence-corrected chi connectivity index (χ3v) is 4.60. The number of rotatable bonds is 7. The SMILES string of the molecule is CCCCNCCN1CCN(c2cccc(C)c2C)CC1. The van der Waals surface area contributed by atoms with Gasteiger partial charge >= 0.3 is 0 Å². The predicted octanol–water partition coefficient (Wildman–Crippen LogP) is 2.82. The number of hydrogen-bond acceptors (Lipinski definition) is 3. The van der Waals surface area contributed by atoms with Crippen LogP contribution >= 0.6 is 0 Å². The number of anilines is 1. The lowest BCUT2D eigenvalue weighted by Crippen LogP contribution is -2.48. The van der Waals surface area contributed by atoms with Crippen LogP contribution in [-0.4, -0.2) is 50.7 Å². The highest BCUT2D eigenvalue weighted by Gasteiger charge is 2.18. The lowest BCUT2D eigenvalue weighted by Gasteiger charge is -2.37. The molecule has 1 N–H and O–H groups in total. The van der Waals surface area contributed by atoms with Crippen LogP contribution in [0.5, 0.6) is 0 Å². The van der Waals surface area contributed by atoms with Gasteiger partial charge in [0.15, 0.2) is 0 Å². The molecule has 1 heterocycles. The van der Waals surface area contributed by atoms with Crippen molar-refractivity contribution in [3.8, 4) is 0 Å². The van der Waals surface area contributed by atoms with Gasteiger partial charge in [-0.05, 0) is 44.0 Å². The molecule has 21 heavy (non-hydrogen) atoms. The highest BCUT2D eigenvalue weighted by Crippen LogP contribution is 2.23. The zero-order valence-electron chi connectivity index (χ0n) is 14.0. The quantitative estimate of drug-likeness (QED) is 0.779. The van der Waals surface area contributed by atoms with Crippen LogP contribution < -0.4 is 10.2 Å². The second-order valence-corrected chi connectivity index (χ2v) is 6.15. The van der Waals surface area contributed by atoms with Crippen LogP contribution in [0.3, 0.4) is 0 Å². The first-order valence-corrected chi connectivity index (χ1v) is 8.46. The zero-order chi connectivity index (χ0) is 15.1. The predicted molar refractivity (Wildman–Crippen MR) is 92.3 cm³/mol. The Labute approximate surface area is 130 Å². The lowest BCUT2D eigenvalue weighted by molar-refractivity contribution is 0.257. The second-order valence-electron chi connectivity index (χ2n) is 6.15. The molecule has 1 saturated heterocycles. The highest BCUT2D eigenvalue weighted by molar-refractivity contribution is 5.56. The van der Waals surface area contributed by atoms with Gasteiger partial charge in [0, 0.05) is 45.0 Å². The van der Waals surface area contributed by atoms with Crippen molar-refractivity contribution in [2.45, 2.75) is 33.6 Å². The Morgan fingerprint density at radius 2 is 1.81 bits per heavy atom. The summed E-state index contributed by atoms with van der Waals surface area (Å²) in [7, 11) is 0. The van der Waals surface area contributed by atoms with Crippen LogP contribution in [0.15, 0.2) is 18.2 Å². The molecule has 1 aromatic carbocycles. The number of nitrogens with zero attached hydrogens (tertiary/aromatic N) is 2. The van der Waals surface area contributed by atoms with E-state index in [1.807, 2.05) is 0 Å². The Kier molecular flexibility index (Phi) is 6.52. The van der Waals surface area contributed by atoms with Gasteiger partial charge in [-0.25, -0.2) is 0 Å². The van der Waals surface area contributed by atoms with E-state index in [0.29, 0.717) is 0 Å². The molecular weight excluding hydrogens is 258 g/mol. The van der Waals surface area contributed by atoms with Gasteiger partial charge in [0.2, 0.25) is 0 Å². The number of piperazine rings is 1. The minimum absolute atomic E-state index is 1.13. The molecule has 0 spiro atoms. The van der Waals surface area contributed by atoms with Gasteiger partial charge in [0.25, 0.3) is 0 Å². The summed E-state index contributed by atoms with van der Waals surface area (Å²) in [6.07, 6.45) is 2.57. The van der Waals surface area contributed by atoms with Gasteiger partial charge in [-0.3, -0.25) is 4.90 Å². The van der Waals surface area contributed by atoms with Crippen molar-refractivity contribution < 1.29 is 0 Å². The summed E-state index contributed by atoms with van der Waals surface area (Å²) in [4.78, 5) is 5.13. The Hall–Kier alpha value is -1.06. The molecule has 0 aliphatic carbocycles. The molecule has 3 nitrogen and oxygen atoms in total. The van der Waals surface area contributed by atoms with Crippen LogP contribution in [0.4, 0.5) is 5.69 Å². The maximum absolute atomic E-state index is 3.54. The molecule has 2 rings (SSSR count). The van der Waals surface area contributed by atoms with Gasteiger partial charge in [0.05, 0.1) is 0 Å². The standard InChI is InChI=1S/C18H31N3/c1-4-5-9-19-10-11-20-12-14-21(15-13-20)18-8-6-7-16(2)17(18)3/h6-8,19H,4-5,9-15H2,1-3H3. The van der Waals surface area contributed by atoms with Crippen LogP contribution in [0.2, 0.25) is 0 Å². The maximum Gasteiger partial charge on any atom is 0.0399 e. The molecule has 0 aromatic heterocycles. The lowest BCUT2D eigenvalue weighted by atomic mass is 10.1. The normalized spacial score (nSPS) is 16.4. The largest absolute Gasteiger partial charge is 0.369 e. The fraction of sp³-hybridized carbons (Fsp3) is 0.667. The molecule has 0 saturated carbocycles. The summed E-state index contributed by atoms with van der Waals surface area (Å²) in [6.45, 7) is 14.8. The summed E-state index contributed by atoms with van der Waals surface area (Å²) in [5, 5.41) is 3.54. The number of benzene rings is 1. The monoisotopic (exact) mass is 289 g/mol. The van der Waals surface area contributed by atoms with E-state index in [1.54, 1.807) is 0 Å². The van der Waals surface area contributed by atoms with Gasteiger partial charge < -0.3 is 10.2 Å². The van der Waals surface area contributed by atoms with Crippen molar-refractivity contribution in [2.75, 3.05) is 50.7 Å². The third-order valence-electron chi connectivity index (χ3n) is 4.60. The van der Waals surface area contributed by atoms with Crippen molar-refractivity contribution >= 4 is 5.69 Å². The van der Waals surface area contributed by atoms with Crippen molar-refractivity contribution in [3.63, 3.8) is 0 Å². The number of unbranched alkanes of at least 4 members (excludes halogenated alkanes) is 1. The topological polar surface area (TPSA) is 18.5 Å². The van der Waals surface area contributed by atoms with Crippen LogP contribution in [0.25, 0.3) is 0 Å². The van der Waals surface area contributed by atoms with E-state index in [9.17, 15) is 0 Å². The smallest absolute Gasteiger partial charge is 0.0399 e. The fourth-order valence-electron chi connectivity index (χ4n) is 2.95. The minimum Gasteiger partial charge on any atom is -0.369 e. The van der Waals surface area contributed by atoms with Gasteiger partial charge in [0.1, 0.15) is 0 Å². The third kappa shape index (κ3) is 4.72. The second kappa shape index (κ2) is 8.40. The summed E-state index contributed by atoms with van der Waals surface area (Å²) in [5.41, 5.74) is 4.26. The van der Waals surface area contributed by atoms with Crippen LogP contribution in [0.1, 0.15) is 30.9 Å². The minimum atomic E-state index is 1.13. The van der Waals surface area contributed by atoms with E-state index in [2.05, 4.69) is 54.1 Å². The van der Waals surface area contributed by atoms with Crippen molar-refractivity contribution in [1.82, 2.24) is 10.2 Å². The molecule has 0 amide bonds. The highest BCUT2D eigenvalue weighted by atomic mass is 15.3. The first-order valence-electron chi connectivity index (χ1n) is 8.46. The molecular formula is C18H31N3. The Bertz CT molecular complexity index is 422. The molecule has 1 aliphatic heterocycles. The molecule has 3 heteroatoms. The molecule has 118 valence electrons. The van der Waals surface area contributed by atoms with E-state index in [4.69, 9.17) is 0 Å². The van der Waals surface area contributed by atoms with E-state index in [-0.39, 0.29) is 0 Å². The Balaban J connectivity index is 1.74. The average molecular weight is 289 g/mol. The van der Waals surface area contributed by atoms with E-state index in [1.165, 1.54) is 55.8 Å². The summed E-state index contributed by atoms with van der Waals surface area (Å²) < 4.78 is 0. The van der Waals surface area contributed by atoms with E-state index >= 15 is 0 Å². The molecule has 0 unspecified atom stereocenters. The summed E-state index contributed by atoms with van der Waals surface area (Å²) in [6, 6.07) is 6.66. The molecule has 1 aliphatic rings. The molecule has 0 bridgehead atoms. The molecule has 1 aromatic rings. The van der Waals surface area contributed by atoms with Crippen LogP contribution in [-0.2, 0) is 0 Å². The fourth-order valence-corrected chi connectivity index (χ4v) is 2.95. The van der Waals surface area contributed by atoms with Crippen LogP contribution in [0, 0.1) is 13.8 Å². The molecule has 1 fully saturated rings.